The fourth-order valence-electron chi connectivity index (χ4n) is 3.41. The Balaban J connectivity index is 1.88. The third-order valence-electron chi connectivity index (χ3n) is 4.99. The van der Waals surface area contributed by atoms with Gasteiger partial charge in [0.25, 0.3) is 0 Å². The number of para-hydroxylation sites is 1. The molecule has 5 nitrogen and oxygen atoms in total. The van der Waals surface area contributed by atoms with Crippen molar-refractivity contribution in [3.8, 4) is 5.75 Å². The summed E-state index contributed by atoms with van der Waals surface area (Å²) in [7, 11) is 1.59. The Morgan fingerprint density at radius 1 is 0.968 bits per heavy atom. The van der Waals surface area contributed by atoms with Crippen LogP contribution in [0.25, 0.3) is 0 Å². The molecule has 0 radical (unpaired) electrons. The second kappa shape index (κ2) is 10.6. The second-order valence-electron chi connectivity index (χ2n) is 7.12. The SMILES string of the molecule is COc1ccccc1CNC(=O)C(c1ccccc1)N(Cc1ccc(Cl)cc1)C(C)=O. The van der Waals surface area contributed by atoms with E-state index in [0.717, 1.165) is 16.7 Å². The van der Waals surface area contributed by atoms with E-state index in [-0.39, 0.29) is 18.4 Å². The molecule has 6 heteroatoms. The summed E-state index contributed by atoms with van der Waals surface area (Å²) in [5.74, 6) is 0.237. The van der Waals surface area contributed by atoms with Crippen molar-refractivity contribution in [3.05, 3.63) is 101 Å². The Kier molecular flexibility index (Phi) is 7.68. The van der Waals surface area contributed by atoms with E-state index in [4.69, 9.17) is 16.3 Å². The lowest BCUT2D eigenvalue weighted by molar-refractivity contribution is -0.140. The largest absolute Gasteiger partial charge is 0.496 e. The number of benzene rings is 3. The molecule has 0 heterocycles. The van der Waals surface area contributed by atoms with Crippen LogP contribution in [-0.4, -0.2) is 23.8 Å². The zero-order chi connectivity index (χ0) is 22.2. The van der Waals surface area contributed by atoms with Gasteiger partial charge in [0.2, 0.25) is 11.8 Å². The Labute approximate surface area is 187 Å². The summed E-state index contributed by atoms with van der Waals surface area (Å²) < 4.78 is 5.37. The van der Waals surface area contributed by atoms with Gasteiger partial charge in [-0.15, -0.1) is 0 Å². The second-order valence-corrected chi connectivity index (χ2v) is 7.55. The summed E-state index contributed by atoms with van der Waals surface area (Å²) in [4.78, 5) is 27.5. The molecule has 0 spiro atoms. The van der Waals surface area contributed by atoms with Gasteiger partial charge in [-0.25, -0.2) is 0 Å². The average molecular weight is 437 g/mol. The number of hydrogen-bond acceptors (Lipinski definition) is 3. The first-order chi connectivity index (χ1) is 15.0. The molecule has 3 rings (SSSR count). The average Bonchev–Trinajstić information content (AvgIpc) is 2.79. The Bertz CT molecular complexity index is 1020. The smallest absolute Gasteiger partial charge is 0.247 e. The van der Waals surface area contributed by atoms with Crippen LogP contribution in [0.1, 0.15) is 29.7 Å². The molecule has 0 aliphatic heterocycles. The van der Waals surface area contributed by atoms with Gasteiger partial charge < -0.3 is 15.0 Å². The van der Waals surface area contributed by atoms with E-state index in [1.54, 1.807) is 24.1 Å². The van der Waals surface area contributed by atoms with Gasteiger partial charge in [-0.05, 0) is 29.3 Å². The molecule has 0 saturated carbocycles. The fraction of sp³-hybridized carbons (Fsp3) is 0.200. The van der Waals surface area contributed by atoms with Gasteiger partial charge in [0.15, 0.2) is 0 Å². The normalized spacial score (nSPS) is 11.5. The van der Waals surface area contributed by atoms with E-state index >= 15 is 0 Å². The predicted octanol–water partition coefficient (Wildman–Crippen LogP) is 4.75. The molecule has 160 valence electrons. The maximum atomic E-state index is 13.3. The first-order valence-corrected chi connectivity index (χ1v) is 10.3. The van der Waals surface area contributed by atoms with Crippen molar-refractivity contribution in [3.63, 3.8) is 0 Å². The van der Waals surface area contributed by atoms with Gasteiger partial charge in [0.1, 0.15) is 11.8 Å². The molecule has 0 saturated heterocycles. The summed E-state index contributed by atoms with van der Waals surface area (Å²) in [5, 5.41) is 3.59. The molecule has 31 heavy (non-hydrogen) atoms. The van der Waals surface area contributed by atoms with Crippen molar-refractivity contribution in [1.29, 1.82) is 0 Å². The van der Waals surface area contributed by atoms with E-state index in [0.29, 0.717) is 17.3 Å². The predicted molar refractivity (Wildman–Crippen MR) is 122 cm³/mol. The van der Waals surface area contributed by atoms with Crippen LogP contribution in [0.5, 0.6) is 5.75 Å². The third kappa shape index (κ3) is 5.86. The molecule has 0 aromatic heterocycles. The number of hydrogen-bond donors (Lipinski definition) is 1. The van der Waals surface area contributed by atoms with Crippen LogP contribution >= 0.6 is 11.6 Å². The molecule has 0 aliphatic rings. The molecule has 1 N–H and O–H groups in total. The van der Waals surface area contributed by atoms with E-state index < -0.39 is 6.04 Å². The zero-order valence-corrected chi connectivity index (χ0v) is 18.3. The van der Waals surface area contributed by atoms with Gasteiger partial charge in [0, 0.05) is 30.6 Å². The molecule has 0 aliphatic carbocycles. The molecule has 2 amide bonds. The van der Waals surface area contributed by atoms with Crippen molar-refractivity contribution in [2.24, 2.45) is 0 Å². The zero-order valence-electron chi connectivity index (χ0n) is 17.5. The molecular formula is C25H25ClN2O3. The number of amides is 2. The van der Waals surface area contributed by atoms with Crippen LogP contribution in [0.4, 0.5) is 0 Å². The molecule has 3 aromatic rings. The van der Waals surface area contributed by atoms with Crippen molar-refractivity contribution in [2.45, 2.75) is 26.1 Å². The lowest BCUT2D eigenvalue weighted by Gasteiger charge is -2.30. The quantitative estimate of drug-likeness (QED) is 0.554. The molecule has 0 fully saturated rings. The van der Waals surface area contributed by atoms with E-state index in [9.17, 15) is 9.59 Å². The Morgan fingerprint density at radius 2 is 1.61 bits per heavy atom. The highest BCUT2D eigenvalue weighted by molar-refractivity contribution is 6.30. The van der Waals surface area contributed by atoms with Crippen LogP contribution in [-0.2, 0) is 22.7 Å². The third-order valence-corrected chi connectivity index (χ3v) is 5.24. The summed E-state index contributed by atoms with van der Waals surface area (Å²) in [6, 6.07) is 23.3. The molecule has 1 atom stereocenters. The number of nitrogens with one attached hydrogen (secondary N) is 1. The van der Waals surface area contributed by atoms with Crippen molar-refractivity contribution < 1.29 is 14.3 Å². The van der Waals surface area contributed by atoms with Gasteiger partial charge in [-0.2, -0.15) is 0 Å². The number of carbonyl (C=O) groups is 2. The van der Waals surface area contributed by atoms with Gasteiger partial charge >= 0.3 is 0 Å². The number of ether oxygens (including phenoxy) is 1. The minimum atomic E-state index is -0.774. The van der Waals surface area contributed by atoms with Crippen LogP contribution in [0.2, 0.25) is 5.02 Å². The topological polar surface area (TPSA) is 58.6 Å². The number of methoxy groups -OCH3 is 1. The monoisotopic (exact) mass is 436 g/mol. The lowest BCUT2D eigenvalue weighted by Crippen LogP contribution is -2.42. The van der Waals surface area contributed by atoms with Crippen LogP contribution < -0.4 is 10.1 Å². The van der Waals surface area contributed by atoms with Crippen molar-refractivity contribution >= 4 is 23.4 Å². The highest BCUT2D eigenvalue weighted by atomic mass is 35.5. The van der Waals surface area contributed by atoms with Crippen molar-refractivity contribution in [2.75, 3.05) is 7.11 Å². The number of nitrogens with zero attached hydrogens (tertiary/aromatic N) is 1. The number of carbonyl (C=O) groups excluding carboxylic acids is 2. The molecule has 3 aromatic carbocycles. The number of rotatable bonds is 8. The van der Waals surface area contributed by atoms with Crippen LogP contribution in [0, 0.1) is 0 Å². The van der Waals surface area contributed by atoms with Crippen LogP contribution in [0.15, 0.2) is 78.9 Å². The number of halogens is 1. The van der Waals surface area contributed by atoms with Gasteiger partial charge in [-0.1, -0.05) is 72.3 Å². The van der Waals surface area contributed by atoms with E-state index in [2.05, 4.69) is 5.32 Å². The summed E-state index contributed by atoms with van der Waals surface area (Å²) in [6.45, 7) is 2.05. The maximum Gasteiger partial charge on any atom is 0.247 e. The Hall–Kier alpha value is -3.31. The highest BCUT2D eigenvalue weighted by Gasteiger charge is 2.29. The van der Waals surface area contributed by atoms with Crippen molar-refractivity contribution in [1.82, 2.24) is 10.2 Å². The minimum absolute atomic E-state index is 0.198. The molecular weight excluding hydrogens is 412 g/mol. The van der Waals surface area contributed by atoms with E-state index in [1.165, 1.54) is 6.92 Å². The fourth-order valence-corrected chi connectivity index (χ4v) is 3.53. The summed E-state index contributed by atoms with van der Waals surface area (Å²) >= 11 is 5.99. The van der Waals surface area contributed by atoms with Gasteiger partial charge in [0.05, 0.1) is 7.11 Å². The first-order valence-electron chi connectivity index (χ1n) is 9.96. The van der Waals surface area contributed by atoms with Gasteiger partial charge in [-0.3, -0.25) is 9.59 Å². The standard InChI is InChI=1S/C25H25ClN2O3/c1-18(29)28(17-19-12-14-22(26)15-13-19)24(20-8-4-3-5-9-20)25(30)27-16-21-10-6-7-11-23(21)31-2/h3-15,24H,16-17H2,1-2H3,(H,27,30). The minimum Gasteiger partial charge on any atom is -0.496 e. The molecule has 1 unspecified atom stereocenters. The lowest BCUT2D eigenvalue weighted by atomic mass is 10.0. The van der Waals surface area contributed by atoms with E-state index in [1.807, 2.05) is 66.7 Å². The molecule has 0 bridgehead atoms. The summed E-state index contributed by atoms with van der Waals surface area (Å²) in [5.41, 5.74) is 2.49. The Morgan fingerprint density at radius 3 is 2.26 bits per heavy atom. The summed E-state index contributed by atoms with van der Waals surface area (Å²) in [6.07, 6.45) is 0. The highest BCUT2D eigenvalue weighted by Crippen LogP contribution is 2.25. The first kappa shape index (κ1) is 22.4. The maximum absolute atomic E-state index is 13.3. The van der Waals surface area contributed by atoms with Crippen LogP contribution in [0.3, 0.4) is 0 Å².